The first-order chi connectivity index (χ1) is 8.99. The van der Waals surface area contributed by atoms with Gasteiger partial charge in [-0.2, -0.15) is 23.5 Å². The summed E-state index contributed by atoms with van der Waals surface area (Å²) in [4.78, 5) is 21.0. The van der Waals surface area contributed by atoms with E-state index in [0.717, 1.165) is 11.5 Å². The molecule has 1 atom stereocenters. The van der Waals surface area contributed by atoms with Crippen LogP contribution in [0.3, 0.4) is 0 Å². The molecule has 0 bridgehead atoms. The molecule has 6 nitrogen and oxygen atoms in total. The molecule has 0 aliphatic rings. The van der Waals surface area contributed by atoms with Gasteiger partial charge in [-0.1, -0.05) is 0 Å². The Morgan fingerprint density at radius 2 is 1.58 bits per heavy atom. The summed E-state index contributed by atoms with van der Waals surface area (Å²) < 4.78 is 0. The first-order valence-electron chi connectivity index (χ1n) is 5.80. The van der Waals surface area contributed by atoms with Crippen molar-refractivity contribution in [2.24, 2.45) is 0 Å². The predicted molar refractivity (Wildman–Crippen MR) is 81.6 cm³/mol. The van der Waals surface area contributed by atoms with Crippen molar-refractivity contribution in [2.45, 2.75) is 13.0 Å². The first-order valence-corrected chi connectivity index (χ1v) is 8.59. The predicted octanol–water partition coefficient (Wildman–Crippen LogP) is -0.696. The summed E-state index contributed by atoms with van der Waals surface area (Å²) in [5.41, 5.74) is 0. The van der Waals surface area contributed by atoms with Crippen LogP contribution in [0.2, 0.25) is 0 Å². The maximum absolute atomic E-state index is 10.6. The van der Waals surface area contributed by atoms with Crippen LogP contribution >= 0.6 is 23.5 Å². The largest absolute Gasteiger partial charge is 0.387 e. The van der Waals surface area contributed by atoms with Crippen LogP contribution in [-0.2, 0) is 9.59 Å². The standard InChI is InChI=1S/C6H13NO2S.C5H11NO2S/c1-5(8)6(9)7-3-4-10-2;1-9-3-2-6-5(8)4-7/h5,8H,3-4H2,1-2H3,(H,7,9);7H,2-4H2,1H3,(H,6,8)/t5-;/m1./s1. The van der Waals surface area contributed by atoms with Crippen LogP contribution in [0.25, 0.3) is 0 Å². The Hall–Kier alpha value is -0.440. The monoisotopic (exact) mass is 312 g/mol. The van der Waals surface area contributed by atoms with E-state index >= 15 is 0 Å². The van der Waals surface area contributed by atoms with Gasteiger partial charge in [-0.15, -0.1) is 0 Å². The van der Waals surface area contributed by atoms with Gasteiger partial charge in [-0.05, 0) is 19.4 Å². The van der Waals surface area contributed by atoms with E-state index in [2.05, 4.69) is 10.6 Å². The van der Waals surface area contributed by atoms with Crippen molar-refractivity contribution in [3.8, 4) is 0 Å². The number of rotatable bonds is 8. The fourth-order valence-electron chi connectivity index (χ4n) is 0.772. The molecule has 0 aliphatic heterocycles. The number of hydrogen-bond acceptors (Lipinski definition) is 6. The second-order valence-electron chi connectivity index (χ2n) is 3.46. The van der Waals surface area contributed by atoms with E-state index in [9.17, 15) is 9.59 Å². The Morgan fingerprint density at radius 1 is 1.11 bits per heavy atom. The molecule has 2 amide bonds. The van der Waals surface area contributed by atoms with Crippen molar-refractivity contribution in [1.82, 2.24) is 10.6 Å². The zero-order valence-electron chi connectivity index (χ0n) is 11.6. The molecule has 0 aromatic carbocycles. The first kappa shape index (κ1) is 20.9. The molecule has 0 unspecified atom stereocenters. The highest BCUT2D eigenvalue weighted by atomic mass is 32.2. The molecule has 0 saturated carbocycles. The molecule has 0 rings (SSSR count). The fraction of sp³-hybridized carbons (Fsp3) is 0.818. The molecule has 0 aromatic rings. The summed E-state index contributed by atoms with van der Waals surface area (Å²) >= 11 is 3.32. The molecule has 0 fully saturated rings. The van der Waals surface area contributed by atoms with Crippen molar-refractivity contribution in [2.75, 3.05) is 43.7 Å². The van der Waals surface area contributed by atoms with Crippen molar-refractivity contribution < 1.29 is 19.8 Å². The molecule has 8 heteroatoms. The van der Waals surface area contributed by atoms with Gasteiger partial charge in [-0.3, -0.25) is 9.59 Å². The van der Waals surface area contributed by atoms with Gasteiger partial charge in [0.05, 0.1) is 0 Å². The Labute approximate surface area is 123 Å². The third-order valence-electron chi connectivity index (χ3n) is 1.76. The van der Waals surface area contributed by atoms with Crippen LogP contribution < -0.4 is 10.6 Å². The van der Waals surface area contributed by atoms with Gasteiger partial charge in [0, 0.05) is 24.6 Å². The minimum absolute atomic E-state index is 0.297. The zero-order chi connectivity index (χ0) is 15.1. The Kier molecular flexibility index (Phi) is 17.2. The van der Waals surface area contributed by atoms with Crippen molar-refractivity contribution >= 4 is 35.3 Å². The number of carbonyl (C=O) groups excluding carboxylic acids is 2. The topological polar surface area (TPSA) is 98.7 Å². The lowest BCUT2D eigenvalue weighted by Crippen LogP contribution is -2.33. The highest BCUT2D eigenvalue weighted by Crippen LogP contribution is 1.87. The van der Waals surface area contributed by atoms with E-state index in [0.29, 0.717) is 13.1 Å². The van der Waals surface area contributed by atoms with E-state index in [-0.39, 0.29) is 11.8 Å². The molecule has 0 heterocycles. The van der Waals surface area contributed by atoms with E-state index in [1.165, 1.54) is 6.92 Å². The maximum atomic E-state index is 10.6. The number of aliphatic hydroxyl groups excluding tert-OH is 2. The number of aliphatic hydroxyl groups is 2. The fourth-order valence-corrected chi connectivity index (χ4v) is 1.38. The van der Waals surface area contributed by atoms with Gasteiger partial charge in [0.15, 0.2) is 0 Å². The van der Waals surface area contributed by atoms with Crippen LogP contribution in [0.4, 0.5) is 0 Å². The van der Waals surface area contributed by atoms with Gasteiger partial charge in [-0.25, -0.2) is 0 Å². The van der Waals surface area contributed by atoms with Gasteiger partial charge < -0.3 is 20.8 Å². The lowest BCUT2D eigenvalue weighted by molar-refractivity contribution is -0.128. The number of amides is 2. The Bertz CT molecular complexity index is 241. The summed E-state index contributed by atoms with van der Waals surface area (Å²) in [5.74, 6) is 1.18. The summed E-state index contributed by atoms with van der Waals surface area (Å²) in [5, 5.41) is 22.0. The average Bonchev–Trinajstić information content (AvgIpc) is 2.39. The van der Waals surface area contributed by atoms with Crippen LogP contribution in [0.15, 0.2) is 0 Å². The quantitative estimate of drug-likeness (QED) is 0.443. The third kappa shape index (κ3) is 17.6. The molecular weight excluding hydrogens is 288 g/mol. The van der Waals surface area contributed by atoms with Crippen molar-refractivity contribution in [3.63, 3.8) is 0 Å². The summed E-state index contributed by atoms with van der Waals surface area (Å²) in [6.07, 6.45) is 3.04. The average molecular weight is 312 g/mol. The molecule has 4 N–H and O–H groups in total. The molecule has 0 spiro atoms. The van der Waals surface area contributed by atoms with Crippen LogP contribution in [0.1, 0.15) is 6.92 Å². The molecule has 0 saturated heterocycles. The van der Waals surface area contributed by atoms with Crippen LogP contribution in [0, 0.1) is 0 Å². The number of hydrogen-bond donors (Lipinski definition) is 4. The van der Waals surface area contributed by atoms with Gasteiger partial charge in [0.2, 0.25) is 11.8 Å². The zero-order valence-corrected chi connectivity index (χ0v) is 13.3. The minimum Gasteiger partial charge on any atom is -0.387 e. The SMILES string of the molecule is CSCCNC(=O)CO.CSCCNC(=O)[C@@H](C)O. The molecular formula is C11H24N2O4S2. The highest BCUT2D eigenvalue weighted by molar-refractivity contribution is 7.98. The number of nitrogens with one attached hydrogen (secondary N) is 2. The molecule has 0 radical (unpaired) electrons. The Balaban J connectivity index is 0. The van der Waals surface area contributed by atoms with Gasteiger partial charge >= 0.3 is 0 Å². The number of thioether (sulfide) groups is 2. The van der Waals surface area contributed by atoms with Gasteiger partial charge in [0.1, 0.15) is 12.7 Å². The third-order valence-corrected chi connectivity index (χ3v) is 2.98. The molecule has 114 valence electrons. The van der Waals surface area contributed by atoms with Crippen molar-refractivity contribution in [3.05, 3.63) is 0 Å². The second kappa shape index (κ2) is 15.6. The van der Waals surface area contributed by atoms with E-state index in [1.807, 2.05) is 12.5 Å². The molecule has 19 heavy (non-hydrogen) atoms. The maximum Gasteiger partial charge on any atom is 0.248 e. The number of carbonyl (C=O) groups is 2. The van der Waals surface area contributed by atoms with E-state index < -0.39 is 12.7 Å². The second-order valence-corrected chi connectivity index (χ2v) is 5.43. The lowest BCUT2D eigenvalue weighted by Gasteiger charge is -2.04. The highest BCUT2D eigenvalue weighted by Gasteiger charge is 2.05. The van der Waals surface area contributed by atoms with E-state index in [4.69, 9.17) is 10.2 Å². The molecule has 0 aliphatic carbocycles. The van der Waals surface area contributed by atoms with E-state index in [1.54, 1.807) is 23.5 Å². The van der Waals surface area contributed by atoms with Gasteiger partial charge in [0.25, 0.3) is 0 Å². The molecule has 0 aromatic heterocycles. The summed E-state index contributed by atoms with van der Waals surface area (Å²) in [7, 11) is 0. The summed E-state index contributed by atoms with van der Waals surface area (Å²) in [6, 6.07) is 0. The smallest absolute Gasteiger partial charge is 0.248 e. The normalized spacial score (nSPS) is 11.0. The summed E-state index contributed by atoms with van der Waals surface area (Å²) in [6.45, 7) is 2.31. The van der Waals surface area contributed by atoms with Crippen LogP contribution in [0.5, 0.6) is 0 Å². The lowest BCUT2D eigenvalue weighted by atomic mass is 10.4. The van der Waals surface area contributed by atoms with Crippen molar-refractivity contribution in [1.29, 1.82) is 0 Å². The minimum atomic E-state index is -0.887. The van der Waals surface area contributed by atoms with Crippen LogP contribution in [-0.4, -0.2) is 71.8 Å². The Morgan fingerprint density at radius 3 is 1.95 bits per heavy atom.